The van der Waals surface area contributed by atoms with E-state index in [1.807, 2.05) is 11.1 Å². The van der Waals surface area contributed by atoms with Gasteiger partial charge in [0, 0.05) is 37.8 Å². The summed E-state index contributed by atoms with van der Waals surface area (Å²) in [5.74, 6) is 0.623. The number of hydrogen-bond donors (Lipinski definition) is 1. The Morgan fingerprint density at radius 2 is 1.96 bits per heavy atom. The SMILES string of the molecule is CN1CC[C@@]2(C)c3cc(OC(=O)NN4CCCCC4)ccc3N(C)[C@H]12. The van der Waals surface area contributed by atoms with E-state index in [1.54, 1.807) is 0 Å². The first-order valence-corrected chi connectivity index (χ1v) is 9.30. The molecule has 2 saturated heterocycles. The Kier molecular flexibility index (Phi) is 4.12. The van der Waals surface area contributed by atoms with E-state index in [0.717, 1.165) is 38.9 Å². The van der Waals surface area contributed by atoms with Gasteiger partial charge in [0.2, 0.25) is 0 Å². The van der Waals surface area contributed by atoms with Crippen LogP contribution in [0.15, 0.2) is 18.2 Å². The van der Waals surface area contributed by atoms with Gasteiger partial charge in [-0.25, -0.2) is 9.80 Å². The minimum Gasteiger partial charge on any atom is -0.409 e. The molecule has 2 fully saturated rings. The van der Waals surface area contributed by atoms with Crippen LogP contribution in [-0.4, -0.2) is 55.9 Å². The first-order chi connectivity index (χ1) is 12.0. The van der Waals surface area contributed by atoms with E-state index in [9.17, 15) is 4.79 Å². The van der Waals surface area contributed by atoms with Crippen LogP contribution in [0.3, 0.4) is 0 Å². The summed E-state index contributed by atoms with van der Waals surface area (Å²) in [7, 11) is 4.34. The van der Waals surface area contributed by atoms with Crippen LogP contribution < -0.4 is 15.1 Å². The fraction of sp³-hybridized carbons (Fsp3) is 0.632. The molecule has 0 unspecified atom stereocenters. The molecule has 0 spiro atoms. The zero-order valence-electron chi connectivity index (χ0n) is 15.4. The lowest BCUT2D eigenvalue weighted by Gasteiger charge is -2.32. The van der Waals surface area contributed by atoms with Crippen LogP contribution in [0.1, 0.15) is 38.2 Å². The van der Waals surface area contributed by atoms with E-state index in [2.05, 4.69) is 48.4 Å². The van der Waals surface area contributed by atoms with Gasteiger partial charge in [-0.15, -0.1) is 0 Å². The normalized spacial score (nSPS) is 29.4. The van der Waals surface area contributed by atoms with Crippen molar-refractivity contribution in [1.82, 2.24) is 15.3 Å². The number of ether oxygens (including phenoxy) is 1. The Balaban J connectivity index is 1.50. The number of fused-ring (bicyclic) bond motifs is 3. The lowest BCUT2D eigenvalue weighted by atomic mass is 9.81. The fourth-order valence-corrected chi connectivity index (χ4v) is 4.88. The second-order valence-corrected chi connectivity index (χ2v) is 7.86. The van der Waals surface area contributed by atoms with Crippen LogP contribution in [0.25, 0.3) is 0 Å². The molecule has 3 heterocycles. The number of hydrazine groups is 1. The molecule has 1 N–H and O–H groups in total. The number of rotatable bonds is 2. The number of nitrogens with zero attached hydrogens (tertiary/aromatic N) is 3. The van der Waals surface area contributed by atoms with Crippen LogP contribution in [-0.2, 0) is 5.41 Å². The standard InChI is InChI=1S/C19H28N4O2/c1-19-9-12-21(2)17(19)22(3)16-8-7-14(13-15(16)19)25-18(24)20-23-10-5-4-6-11-23/h7-8,13,17H,4-6,9-12H2,1-3H3,(H,20,24)/t17-,19-/m0/s1. The Bertz CT molecular complexity index is 673. The minimum atomic E-state index is -0.390. The van der Waals surface area contributed by atoms with Gasteiger partial charge in [0.05, 0.1) is 6.17 Å². The van der Waals surface area contributed by atoms with E-state index in [-0.39, 0.29) is 5.41 Å². The molecule has 1 amide bonds. The first kappa shape index (κ1) is 16.7. The summed E-state index contributed by atoms with van der Waals surface area (Å²) in [5, 5.41) is 1.95. The average molecular weight is 344 g/mol. The molecule has 0 aliphatic carbocycles. The molecule has 6 nitrogen and oxygen atoms in total. The molecule has 3 aliphatic rings. The quantitative estimate of drug-likeness (QED) is 0.893. The molecule has 0 saturated carbocycles. The maximum atomic E-state index is 12.2. The molecule has 136 valence electrons. The maximum absolute atomic E-state index is 12.2. The predicted molar refractivity (Wildman–Crippen MR) is 97.8 cm³/mol. The Hall–Kier alpha value is -1.79. The van der Waals surface area contributed by atoms with Crippen molar-refractivity contribution >= 4 is 11.8 Å². The number of amides is 1. The number of anilines is 1. The van der Waals surface area contributed by atoms with Crippen molar-refractivity contribution in [2.75, 3.05) is 38.6 Å². The molecule has 0 radical (unpaired) electrons. The summed E-state index contributed by atoms with van der Waals surface area (Å²) in [6, 6.07) is 6.03. The summed E-state index contributed by atoms with van der Waals surface area (Å²) in [6.45, 7) is 5.21. The summed E-state index contributed by atoms with van der Waals surface area (Å²) in [6.07, 6.45) is 4.59. The van der Waals surface area contributed by atoms with E-state index >= 15 is 0 Å². The van der Waals surface area contributed by atoms with E-state index < -0.39 is 6.09 Å². The molecule has 1 aromatic carbocycles. The fourth-order valence-electron chi connectivity index (χ4n) is 4.88. The molecular weight excluding hydrogens is 316 g/mol. The van der Waals surface area contributed by atoms with Crippen molar-refractivity contribution in [3.63, 3.8) is 0 Å². The van der Waals surface area contributed by atoms with Crippen molar-refractivity contribution in [3.05, 3.63) is 23.8 Å². The molecule has 0 aromatic heterocycles. The monoisotopic (exact) mass is 344 g/mol. The highest BCUT2D eigenvalue weighted by molar-refractivity contribution is 5.72. The molecule has 1 aromatic rings. The Labute approximate surface area is 149 Å². The largest absolute Gasteiger partial charge is 0.427 e. The molecule has 4 rings (SSSR count). The van der Waals surface area contributed by atoms with Gasteiger partial charge in [-0.3, -0.25) is 10.3 Å². The zero-order valence-corrected chi connectivity index (χ0v) is 15.4. The highest BCUT2D eigenvalue weighted by Crippen LogP contribution is 2.51. The molecule has 6 heteroatoms. The number of piperidine rings is 1. The van der Waals surface area contributed by atoms with Gasteiger partial charge in [-0.05, 0) is 50.1 Å². The van der Waals surface area contributed by atoms with Crippen LogP contribution in [0, 0.1) is 0 Å². The maximum Gasteiger partial charge on any atom is 0.427 e. The van der Waals surface area contributed by atoms with Crippen molar-refractivity contribution in [1.29, 1.82) is 0 Å². The highest BCUT2D eigenvalue weighted by atomic mass is 16.6. The number of likely N-dealkylation sites (tertiary alicyclic amines) is 1. The lowest BCUT2D eigenvalue weighted by Crippen LogP contribution is -2.46. The van der Waals surface area contributed by atoms with Gasteiger partial charge in [-0.2, -0.15) is 0 Å². The summed E-state index contributed by atoms with van der Waals surface area (Å²) >= 11 is 0. The summed E-state index contributed by atoms with van der Waals surface area (Å²) in [5.41, 5.74) is 5.47. The number of likely N-dealkylation sites (N-methyl/N-ethyl adjacent to an activating group) is 2. The van der Waals surface area contributed by atoms with Crippen LogP contribution in [0.4, 0.5) is 10.5 Å². The highest BCUT2D eigenvalue weighted by Gasteiger charge is 2.52. The van der Waals surface area contributed by atoms with Crippen LogP contribution >= 0.6 is 0 Å². The lowest BCUT2D eigenvalue weighted by molar-refractivity contribution is 0.129. The van der Waals surface area contributed by atoms with E-state index in [0.29, 0.717) is 11.9 Å². The van der Waals surface area contributed by atoms with Gasteiger partial charge in [0.25, 0.3) is 0 Å². The number of nitrogens with one attached hydrogen (secondary N) is 1. The summed E-state index contributed by atoms with van der Waals surface area (Å²) < 4.78 is 5.57. The van der Waals surface area contributed by atoms with Crippen LogP contribution in [0.2, 0.25) is 0 Å². The van der Waals surface area contributed by atoms with E-state index in [4.69, 9.17) is 4.74 Å². The number of carbonyl (C=O) groups excluding carboxylic acids is 1. The van der Waals surface area contributed by atoms with Gasteiger partial charge in [0.1, 0.15) is 5.75 Å². The Morgan fingerprint density at radius 3 is 2.72 bits per heavy atom. The third kappa shape index (κ3) is 2.77. The van der Waals surface area contributed by atoms with Crippen molar-refractivity contribution in [2.24, 2.45) is 0 Å². The third-order valence-electron chi connectivity index (χ3n) is 6.12. The van der Waals surface area contributed by atoms with Crippen molar-refractivity contribution in [2.45, 2.75) is 44.2 Å². The third-order valence-corrected chi connectivity index (χ3v) is 6.12. The van der Waals surface area contributed by atoms with Gasteiger partial charge < -0.3 is 9.64 Å². The van der Waals surface area contributed by atoms with Gasteiger partial charge in [0.15, 0.2) is 0 Å². The molecule has 0 bridgehead atoms. The second-order valence-electron chi connectivity index (χ2n) is 7.86. The molecule has 3 aliphatic heterocycles. The molecular formula is C19H28N4O2. The van der Waals surface area contributed by atoms with Crippen molar-refractivity contribution < 1.29 is 9.53 Å². The molecule has 2 atom stereocenters. The first-order valence-electron chi connectivity index (χ1n) is 9.30. The second kappa shape index (κ2) is 6.18. The van der Waals surface area contributed by atoms with Crippen molar-refractivity contribution in [3.8, 4) is 5.75 Å². The summed E-state index contributed by atoms with van der Waals surface area (Å²) in [4.78, 5) is 17.0. The van der Waals surface area contributed by atoms with Crippen LogP contribution in [0.5, 0.6) is 5.75 Å². The number of hydrogen-bond acceptors (Lipinski definition) is 5. The zero-order chi connectivity index (χ0) is 17.6. The van der Waals surface area contributed by atoms with Gasteiger partial charge >= 0.3 is 6.09 Å². The minimum absolute atomic E-state index is 0.0849. The smallest absolute Gasteiger partial charge is 0.409 e. The topological polar surface area (TPSA) is 48.1 Å². The van der Waals surface area contributed by atoms with E-state index in [1.165, 1.54) is 17.7 Å². The van der Waals surface area contributed by atoms with Gasteiger partial charge in [-0.1, -0.05) is 13.3 Å². The number of carbonyl (C=O) groups is 1. The molecule has 25 heavy (non-hydrogen) atoms. The number of benzene rings is 1. The average Bonchev–Trinajstić information content (AvgIpc) is 3.01. The Morgan fingerprint density at radius 1 is 1.20 bits per heavy atom. The predicted octanol–water partition coefficient (Wildman–Crippen LogP) is 2.55.